The second kappa shape index (κ2) is 2.87. The lowest BCUT2D eigenvalue weighted by Gasteiger charge is -1.99. The second-order valence-corrected chi connectivity index (χ2v) is 2.75. The van der Waals surface area contributed by atoms with E-state index in [4.69, 9.17) is 5.26 Å². The van der Waals surface area contributed by atoms with Crippen molar-refractivity contribution in [2.24, 2.45) is 0 Å². The Morgan fingerprint density at radius 1 is 1.00 bits per heavy atom. The number of halogens is 1. The molecule has 0 unspecified atom stereocenters. The molecule has 2 aromatic rings. The summed E-state index contributed by atoms with van der Waals surface area (Å²) in [4.78, 5) is 0. The molecular weight excluding hydrogens is 164 g/mol. The van der Waals surface area contributed by atoms with Crippen LogP contribution in [0.4, 0.5) is 4.39 Å². The number of hydrogen-bond acceptors (Lipinski definition) is 1. The third-order valence-corrected chi connectivity index (χ3v) is 1.99. The molecule has 0 bridgehead atoms. The van der Waals surface area contributed by atoms with E-state index in [-0.39, 0.29) is 5.82 Å². The van der Waals surface area contributed by atoms with E-state index in [0.29, 0.717) is 16.3 Å². The summed E-state index contributed by atoms with van der Waals surface area (Å²) in [5.41, 5.74) is 0.511. The van der Waals surface area contributed by atoms with Crippen LogP contribution < -0.4 is 0 Å². The molecule has 0 heterocycles. The van der Waals surface area contributed by atoms with Gasteiger partial charge < -0.3 is 0 Å². The average Bonchev–Trinajstić information content (AvgIpc) is 2.19. The fraction of sp³-hybridized carbons (Fsp3) is 0. The Morgan fingerprint density at radius 2 is 1.69 bits per heavy atom. The summed E-state index contributed by atoms with van der Waals surface area (Å²) in [5, 5.41) is 9.93. The van der Waals surface area contributed by atoms with Crippen LogP contribution in [0.2, 0.25) is 0 Å². The molecule has 1 nitrogen and oxygen atoms in total. The minimum Gasteiger partial charge on any atom is -0.206 e. The molecule has 13 heavy (non-hydrogen) atoms. The zero-order valence-electron chi connectivity index (χ0n) is 6.79. The summed E-state index contributed by atoms with van der Waals surface area (Å²) in [6.45, 7) is 0. The van der Waals surface area contributed by atoms with Crippen molar-refractivity contribution >= 4 is 10.8 Å². The topological polar surface area (TPSA) is 23.8 Å². The van der Waals surface area contributed by atoms with Gasteiger partial charge in [0.1, 0.15) is 5.82 Å². The van der Waals surface area contributed by atoms with E-state index in [1.54, 1.807) is 24.3 Å². The zero-order valence-corrected chi connectivity index (χ0v) is 6.79. The summed E-state index contributed by atoms with van der Waals surface area (Å²) < 4.78 is 13.2. The maximum absolute atomic E-state index is 13.2. The molecule has 0 atom stereocenters. The molecule has 2 aromatic carbocycles. The highest BCUT2D eigenvalue weighted by atomic mass is 18.2. The molecule has 0 amide bonds. The standard InChI is InChI=1S/C11H6FN/c12-11-6-5-8(7-13)9-3-1-2-4-10(9)11/h1-6H/i12-1. The summed E-state index contributed by atoms with van der Waals surface area (Å²) in [7, 11) is 0. The van der Waals surface area contributed by atoms with Gasteiger partial charge in [0, 0.05) is 10.8 Å². The van der Waals surface area contributed by atoms with Gasteiger partial charge in [-0.05, 0) is 12.1 Å². The number of rotatable bonds is 0. The van der Waals surface area contributed by atoms with Crippen LogP contribution in [-0.4, -0.2) is 0 Å². The highest BCUT2D eigenvalue weighted by molar-refractivity contribution is 5.88. The van der Waals surface area contributed by atoms with Gasteiger partial charge in [-0.3, -0.25) is 0 Å². The highest BCUT2D eigenvalue weighted by Crippen LogP contribution is 2.20. The molecule has 0 N–H and O–H groups in total. The van der Waals surface area contributed by atoms with Crippen LogP contribution in [0.1, 0.15) is 5.56 Å². The first-order valence-corrected chi connectivity index (χ1v) is 3.90. The first-order chi connectivity index (χ1) is 6.33. The third kappa shape index (κ3) is 1.15. The molecule has 0 aliphatic carbocycles. The van der Waals surface area contributed by atoms with Gasteiger partial charge in [-0.15, -0.1) is 0 Å². The fourth-order valence-electron chi connectivity index (χ4n) is 1.36. The molecule has 0 spiro atoms. The number of nitrogens with zero attached hydrogens (tertiary/aromatic N) is 1. The number of fused-ring (bicyclic) bond motifs is 1. The van der Waals surface area contributed by atoms with E-state index < -0.39 is 0 Å². The van der Waals surface area contributed by atoms with E-state index in [1.807, 2.05) is 6.07 Å². The Bertz CT molecular complexity index is 497. The average molecular weight is 170 g/mol. The molecule has 0 aromatic heterocycles. The van der Waals surface area contributed by atoms with Crippen LogP contribution >= 0.6 is 0 Å². The molecule has 0 aliphatic heterocycles. The summed E-state index contributed by atoms with van der Waals surface area (Å²) >= 11 is 0. The Labute approximate surface area is 75.0 Å². The number of hydrogen-bond donors (Lipinski definition) is 0. The van der Waals surface area contributed by atoms with Gasteiger partial charge >= 0.3 is 0 Å². The van der Waals surface area contributed by atoms with Gasteiger partial charge in [0.05, 0.1) is 11.6 Å². The van der Waals surface area contributed by atoms with Gasteiger partial charge in [-0.1, -0.05) is 24.3 Å². The van der Waals surface area contributed by atoms with Gasteiger partial charge in [0.25, 0.3) is 0 Å². The molecule has 0 saturated carbocycles. The van der Waals surface area contributed by atoms with E-state index in [0.717, 1.165) is 0 Å². The van der Waals surface area contributed by atoms with E-state index in [1.165, 1.54) is 12.1 Å². The van der Waals surface area contributed by atoms with Crippen LogP contribution in [0, 0.1) is 17.1 Å². The van der Waals surface area contributed by atoms with Crippen molar-refractivity contribution < 1.29 is 4.39 Å². The minimum absolute atomic E-state index is 0.283. The lowest BCUT2D eigenvalue weighted by Crippen LogP contribution is -1.83. The highest BCUT2D eigenvalue weighted by Gasteiger charge is 2.03. The Kier molecular flexibility index (Phi) is 1.71. The number of nitriles is 1. The lowest BCUT2D eigenvalue weighted by molar-refractivity contribution is 0.640. The normalized spacial score (nSPS) is 9.85. The lowest BCUT2D eigenvalue weighted by atomic mass is 10.1. The van der Waals surface area contributed by atoms with E-state index >= 15 is 0 Å². The van der Waals surface area contributed by atoms with Crippen molar-refractivity contribution in [3.8, 4) is 6.07 Å². The third-order valence-electron chi connectivity index (χ3n) is 1.99. The SMILES string of the molecule is N#Cc1ccc([18F])c2ccccc12. The Morgan fingerprint density at radius 3 is 2.38 bits per heavy atom. The van der Waals surface area contributed by atoms with Crippen LogP contribution in [0.25, 0.3) is 10.8 Å². The predicted octanol–water partition coefficient (Wildman–Crippen LogP) is 2.85. The van der Waals surface area contributed by atoms with Crippen molar-refractivity contribution in [1.29, 1.82) is 5.26 Å². The minimum atomic E-state index is -0.283. The van der Waals surface area contributed by atoms with E-state index in [2.05, 4.69) is 0 Å². The fourth-order valence-corrected chi connectivity index (χ4v) is 1.36. The van der Waals surface area contributed by atoms with Crippen LogP contribution in [0.15, 0.2) is 36.4 Å². The van der Waals surface area contributed by atoms with Crippen molar-refractivity contribution in [1.82, 2.24) is 0 Å². The molecule has 0 saturated heterocycles. The molecule has 62 valence electrons. The van der Waals surface area contributed by atoms with Gasteiger partial charge in [0.2, 0.25) is 0 Å². The van der Waals surface area contributed by atoms with Crippen LogP contribution in [0.3, 0.4) is 0 Å². The predicted molar refractivity (Wildman–Crippen MR) is 48.6 cm³/mol. The largest absolute Gasteiger partial charge is 0.206 e. The molecule has 0 radical (unpaired) electrons. The van der Waals surface area contributed by atoms with Gasteiger partial charge in [0.15, 0.2) is 0 Å². The van der Waals surface area contributed by atoms with E-state index in [9.17, 15) is 4.39 Å². The number of benzene rings is 2. The molecular formula is C11H6FN. The monoisotopic (exact) mass is 170 g/mol. The Balaban J connectivity index is 2.95. The van der Waals surface area contributed by atoms with Crippen molar-refractivity contribution in [3.05, 3.63) is 47.8 Å². The van der Waals surface area contributed by atoms with Crippen LogP contribution in [-0.2, 0) is 0 Å². The van der Waals surface area contributed by atoms with Crippen molar-refractivity contribution in [2.75, 3.05) is 0 Å². The van der Waals surface area contributed by atoms with Crippen molar-refractivity contribution in [2.45, 2.75) is 0 Å². The summed E-state index contributed by atoms with van der Waals surface area (Å²) in [6, 6.07) is 11.8. The van der Waals surface area contributed by atoms with Crippen molar-refractivity contribution in [3.63, 3.8) is 0 Å². The van der Waals surface area contributed by atoms with Gasteiger partial charge in [-0.25, -0.2) is 4.39 Å². The Hall–Kier alpha value is -1.88. The smallest absolute Gasteiger partial charge is 0.131 e. The maximum Gasteiger partial charge on any atom is 0.131 e. The quantitative estimate of drug-likeness (QED) is 0.596. The molecule has 0 aliphatic rings. The molecule has 2 rings (SSSR count). The molecule has 0 fully saturated rings. The van der Waals surface area contributed by atoms with Crippen LogP contribution in [0.5, 0.6) is 0 Å². The summed E-state index contributed by atoms with van der Waals surface area (Å²) in [6.07, 6.45) is 0. The van der Waals surface area contributed by atoms with Gasteiger partial charge in [-0.2, -0.15) is 5.26 Å². The summed E-state index contributed by atoms with van der Waals surface area (Å²) in [5.74, 6) is -0.283. The molecule has 2 heteroatoms. The first kappa shape index (κ1) is 7.75. The zero-order chi connectivity index (χ0) is 9.26. The maximum atomic E-state index is 13.2. The first-order valence-electron chi connectivity index (χ1n) is 3.90. The second-order valence-electron chi connectivity index (χ2n) is 2.75.